The molecular formula is C19H25NO5. The number of phenols is 1. The summed E-state index contributed by atoms with van der Waals surface area (Å²) in [6.07, 6.45) is 6.76. The minimum absolute atomic E-state index is 0.0358. The summed E-state index contributed by atoms with van der Waals surface area (Å²) in [6.45, 7) is 2.03. The lowest BCUT2D eigenvalue weighted by Gasteiger charge is -2.16. The number of amides is 1. The van der Waals surface area contributed by atoms with Crippen LogP contribution in [0.3, 0.4) is 0 Å². The zero-order valence-corrected chi connectivity index (χ0v) is 14.7. The minimum atomic E-state index is -0.946. The second-order valence-corrected chi connectivity index (χ2v) is 6.05. The molecule has 25 heavy (non-hydrogen) atoms. The highest BCUT2D eigenvalue weighted by molar-refractivity contribution is 5.95. The topological polar surface area (TPSA) is 84.9 Å². The molecule has 0 saturated heterocycles. The van der Waals surface area contributed by atoms with Crippen molar-refractivity contribution in [2.45, 2.75) is 45.1 Å². The van der Waals surface area contributed by atoms with Gasteiger partial charge in [0.2, 0.25) is 0 Å². The van der Waals surface area contributed by atoms with Gasteiger partial charge in [0, 0.05) is 6.54 Å². The molecule has 0 spiro atoms. The Balaban J connectivity index is 1.83. The molecule has 1 aliphatic rings. The summed E-state index contributed by atoms with van der Waals surface area (Å²) in [5, 5.41) is 12.7. The second-order valence-electron chi connectivity index (χ2n) is 6.05. The summed E-state index contributed by atoms with van der Waals surface area (Å²) >= 11 is 0. The highest BCUT2D eigenvalue weighted by Gasteiger charge is 2.22. The number of methoxy groups -OCH3 is 1. The van der Waals surface area contributed by atoms with Gasteiger partial charge in [0.05, 0.1) is 7.11 Å². The monoisotopic (exact) mass is 347 g/mol. The molecule has 1 unspecified atom stereocenters. The Bertz CT molecular complexity index is 653. The molecule has 136 valence electrons. The van der Waals surface area contributed by atoms with E-state index in [1.165, 1.54) is 44.6 Å². The van der Waals surface area contributed by atoms with Gasteiger partial charge >= 0.3 is 5.97 Å². The number of hydrogen-bond donors (Lipinski definition) is 2. The van der Waals surface area contributed by atoms with Crippen LogP contribution in [-0.4, -0.2) is 36.7 Å². The molecule has 1 aromatic rings. The maximum absolute atomic E-state index is 12.1. The van der Waals surface area contributed by atoms with E-state index in [1.807, 2.05) is 0 Å². The standard InChI is InChI=1S/C19H25NO5/c1-13(18(22)20-12-11-14-7-4-3-5-8-14)25-19(23)15-9-6-10-16(24-2)17(15)21/h6-7,9-10,13,21H,3-5,8,11-12H2,1-2H3,(H,20,22). The van der Waals surface area contributed by atoms with Gasteiger partial charge in [0.15, 0.2) is 17.6 Å². The third kappa shape index (κ3) is 5.24. The fourth-order valence-electron chi connectivity index (χ4n) is 2.75. The summed E-state index contributed by atoms with van der Waals surface area (Å²) < 4.78 is 10.1. The SMILES string of the molecule is COc1cccc(C(=O)OC(C)C(=O)NCCC2=CCCCC2)c1O. The van der Waals surface area contributed by atoms with E-state index >= 15 is 0 Å². The molecular weight excluding hydrogens is 322 g/mol. The van der Waals surface area contributed by atoms with E-state index in [1.54, 1.807) is 6.07 Å². The van der Waals surface area contributed by atoms with Gasteiger partial charge < -0.3 is 19.9 Å². The predicted molar refractivity (Wildman–Crippen MR) is 93.7 cm³/mol. The highest BCUT2D eigenvalue weighted by atomic mass is 16.5. The minimum Gasteiger partial charge on any atom is -0.504 e. The van der Waals surface area contributed by atoms with Gasteiger partial charge in [-0.2, -0.15) is 0 Å². The lowest BCUT2D eigenvalue weighted by Crippen LogP contribution is -2.36. The molecule has 0 saturated carbocycles. The van der Waals surface area contributed by atoms with Crippen molar-refractivity contribution in [3.8, 4) is 11.5 Å². The first-order valence-electron chi connectivity index (χ1n) is 8.55. The van der Waals surface area contributed by atoms with Crippen LogP contribution in [0.2, 0.25) is 0 Å². The van der Waals surface area contributed by atoms with Crippen molar-refractivity contribution < 1.29 is 24.2 Å². The van der Waals surface area contributed by atoms with Crippen LogP contribution in [0.4, 0.5) is 0 Å². The molecule has 2 rings (SSSR count). The Kier molecular flexibility index (Phi) is 6.86. The molecule has 0 aromatic heterocycles. The van der Waals surface area contributed by atoms with Gasteiger partial charge in [0.25, 0.3) is 5.91 Å². The molecule has 1 amide bonds. The molecule has 1 aliphatic carbocycles. The largest absolute Gasteiger partial charge is 0.504 e. The number of esters is 1. The average molecular weight is 347 g/mol. The van der Waals surface area contributed by atoms with E-state index in [4.69, 9.17) is 9.47 Å². The normalized spacial score (nSPS) is 15.0. The van der Waals surface area contributed by atoms with E-state index < -0.39 is 12.1 Å². The number of phenolic OH excluding ortho intramolecular Hbond substituents is 1. The lowest BCUT2D eigenvalue weighted by atomic mass is 9.97. The molecule has 0 bridgehead atoms. The first-order valence-corrected chi connectivity index (χ1v) is 8.55. The Labute approximate surface area is 147 Å². The Morgan fingerprint density at radius 1 is 1.32 bits per heavy atom. The molecule has 1 aromatic carbocycles. The predicted octanol–water partition coefficient (Wildman–Crippen LogP) is 2.95. The third-order valence-electron chi connectivity index (χ3n) is 4.22. The van der Waals surface area contributed by atoms with Crippen molar-refractivity contribution in [3.05, 3.63) is 35.4 Å². The highest BCUT2D eigenvalue weighted by Crippen LogP contribution is 2.30. The van der Waals surface area contributed by atoms with Gasteiger partial charge in [0.1, 0.15) is 5.56 Å². The zero-order chi connectivity index (χ0) is 18.2. The van der Waals surface area contributed by atoms with Gasteiger partial charge in [-0.1, -0.05) is 17.7 Å². The van der Waals surface area contributed by atoms with Gasteiger partial charge in [-0.05, 0) is 51.2 Å². The van der Waals surface area contributed by atoms with Crippen LogP contribution in [0.15, 0.2) is 29.8 Å². The summed E-state index contributed by atoms with van der Waals surface area (Å²) in [7, 11) is 1.39. The van der Waals surface area contributed by atoms with Crippen molar-refractivity contribution >= 4 is 11.9 Å². The number of allylic oxidation sites excluding steroid dienone is 1. The smallest absolute Gasteiger partial charge is 0.342 e. The van der Waals surface area contributed by atoms with Crippen molar-refractivity contribution in [2.24, 2.45) is 0 Å². The van der Waals surface area contributed by atoms with Crippen LogP contribution in [-0.2, 0) is 9.53 Å². The van der Waals surface area contributed by atoms with E-state index in [0.29, 0.717) is 6.54 Å². The molecule has 0 aliphatic heterocycles. The average Bonchev–Trinajstić information content (AvgIpc) is 2.62. The van der Waals surface area contributed by atoms with Crippen LogP contribution in [0.25, 0.3) is 0 Å². The molecule has 6 heteroatoms. The van der Waals surface area contributed by atoms with Crippen LogP contribution in [0.5, 0.6) is 11.5 Å². The third-order valence-corrected chi connectivity index (χ3v) is 4.22. The number of hydrogen-bond acceptors (Lipinski definition) is 5. The number of aromatic hydroxyl groups is 1. The molecule has 6 nitrogen and oxygen atoms in total. The zero-order valence-electron chi connectivity index (χ0n) is 14.7. The number of benzene rings is 1. The number of carbonyl (C=O) groups is 2. The second kappa shape index (κ2) is 9.11. The lowest BCUT2D eigenvalue weighted by molar-refractivity contribution is -0.129. The summed E-state index contributed by atoms with van der Waals surface area (Å²) in [5.41, 5.74) is 1.34. The van der Waals surface area contributed by atoms with Crippen molar-refractivity contribution in [3.63, 3.8) is 0 Å². The van der Waals surface area contributed by atoms with Crippen molar-refractivity contribution in [1.29, 1.82) is 0 Å². The molecule has 0 radical (unpaired) electrons. The van der Waals surface area contributed by atoms with Crippen LogP contribution >= 0.6 is 0 Å². The fourth-order valence-corrected chi connectivity index (χ4v) is 2.75. The van der Waals surface area contributed by atoms with Crippen molar-refractivity contribution in [2.75, 3.05) is 13.7 Å². The number of carbonyl (C=O) groups excluding carboxylic acids is 2. The number of para-hydroxylation sites is 1. The molecule has 2 N–H and O–H groups in total. The van der Waals surface area contributed by atoms with Crippen LogP contribution in [0, 0.1) is 0 Å². The van der Waals surface area contributed by atoms with Crippen LogP contribution < -0.4 is 10.1 Å². The summed E-state index contributed by atoms with van der Waals surface area (Å²) in [6, 6.07) is 4.51. The first kappa shape index (κ1) is 18.8. The van der Waals surface area contributed by atoms with E-state index in [2.05, 4.69) is 11.4 Å². The van der Waals surface area contributed by atoms with Crippen LogP contribution in [0.1, 0.15) is 49.4 Å². The van der Waals surface area contributed by atoms with E-state index in [-0.39, 0.29) is 23.0 Å². The maximum Gasteiger partial charge on any atom is 0.342 e. The first-order chi connectivity index (χ1) is 12.0. The molecule has 0 fully saturated rings. The Hall–Kier alpha value is -2.50. The molecule has 1 atom stereocenters. The van der Waals surface area contributed by atoms with Crippen molar-refractivity contribution in [1.82, 2.24) is 5.32 Å². The quantitative estimate of drug-likeness (QED) is 0.585. The number of ether oxygens (including phenoxy) is 2. The number of nitrogens with one attached hydrogen (secondary N) is 1. The summed E-state index contributed by atoms with van der Waals surface area (Å²) in [5.74, 6) is -1.25. The Morgan fingerprint density at radius 2 is 2.12 bits per heavy atom. The van der Waals surface area contributed by atoms with E-state index in [0.717, 1.165) is 19.3 Å². The molecule has 0 heterocycles. The van der Waals surface area contributed by atoms with Gasteiger partial charge in [-0.25, -0.2) is 4.79 Å². The maximum atomic E-state index is 12.1. The number of rotatable bonds is 7. The van der Waals surface area contributed by atoms with Gasteiger partial charge in [-0.3, -0.25) is 4.79 Å². The van der Waals surface area contributed by atoms with E-state index in [9.17, 15) is 14.7 Å². The van der Waals surface area contributed by atoms with Gasteiger partial charge in [-0.15, -0.1) is 0 Å². The fraction of sp³-hybridized carbons (Fsp3) is 0.474. The Morgan fingerprint density at radius 3 is 2.80 bits per heavy atom. The summed E-state index contributed by atoms with van der Waals surface area (Å²) in [4.78, 5) is 24.2.